The maximum atomic E-state index is 12.2. The van der Waals surface area contributed by atoms with Gasteiger partial charge in [-0.25, -0.2) is 4.98 Å². The zero-order valence-electron chi connectivity index (χ0n) is 13.8. The second-order valence-electron chi connectivity index (χ2n) is 7.00. The number of aliphatic hydroxyl groups is 1. The molecule has 1 atom stereocenters. The minimum atomic E-state index is -0.0605. The first-order chi connectivity index (χ1) is 9.74. The van der Waals surface area contributed by atoms with Gasteiger partial charge >= 0.3 is 0 Å². The second-order valence-corrected chi connectivity index (χ2v) is 8.03. The van der Waals surface area contributed by atoms with E-state index in [1.165, 1.54) is 11.3 Å². The molecule has 1 aromatic heterocycles. The number of carbonyl (C=O) groups is 1. The normalized spacial score (nSPS) is 13.5. The Balaban J connectivity index is 2.57. The van der Waals surface area contributed by atoms with E-state index in [-0.39, 0.29) is 17.9 Å². The summed E-state index contributed by atoms with van der Waals surface area (Å²) in [5, 5.41) is 13.1. The van der Waals surface area contributed by atoms with Crippen LogP contribution in [0, 0.1) is 11.8 Å². The van der Waals surface area contributed by atoms with Crippen LogP contribution in [-0.4, -0.2) is 29.1 Å². The zero-order chi connectivity index (χ0) is 16.0. The summed E-state index contributed by atoms with van der Waals surface area (Å²) in [6, 6.07) is 0. The van der Waals surface area contributed by atoms with Crippen molar-refractivity contribution in [1.29, 1.82) is 0 Å². The van der Waals surface area contributed by atoms with Gasteiger partial charge in [-0.3, -0.25) is 4.79 Å². The Bertz CT molecular complexity index is 449. The van der Waals surface area contributed by atoms with Gasteiger partial charge in [-0.2, -0.15) is 0 Å². The molecule has 120 valence electrons. The van der Waals surface area contributed by atoms with Crippen LogP contribution in [0.15, 0.2) is 6.20 Å². The SMILES string of the molecule is CC(C)CC(CCO)CNC(=O)c1cnc(C(C)(C)C)s1. The van der Waals surface area contributed by atoms with E-state index < -0.39 is 0 Å². The third-order valence-electron chi connectivity index (χ3n) is 3.26. The average Bonchev–Trinajstić information content (AvgIpc) is 2.84. The predicted octanol–water partition coefficient (Wildman–Crippen LogP) is 3.22. The van der Waals surface area contributed by atoms with Gasteiger partial charge in [0.15, 0.2) is 0 Å². The molecule has 0 aromatic carbocycles. The maximum absolute atomic E-state index is 12.2. The first-order valence-electron chi connectivity index (χ1n) is 7.59. The molecule has 0 saturated heterocycles. The van der Waals surface area contributed by atoms with Crippen LogP contribution >= 0.6 is 11.3 Å². The van der Waals surface area contributed by atoms with Gasteiger partial charge in [-0.15, -0.1) is 11.3 Å². The standard InChI is InChI=1S/C16H28N2O2S/c1-11(2)8-12(6-7-19)9-17-14(20)13-10-18-15(21-13)16(3,4)5/h10-12,19H,6-9H2,1-5H3,(H,17,20). The monoisotopic (exact) mass is 312 g/mol. The van der Waals surface area contributed by atoms with Crippen molar-refractivity contribution >= 4 is 17.2 Å². The van der Waals surface area contributed by atoms with Crippen molar-refractivity contribution in [1.82, 2.24) is 10.3 Å². The molecule has 0 radical (unpaired) electrons. The van der Waals surface area contributed by atoms with Crippen molar-refractivity contribution in [2.24, 2.45) is 11.8 Å². The van der Waals surface area contributed by atoms with E-state index in [0.717, 1.165) is 17.8 Å². The molecule has 0 spiro atoms. The molecule has 0 saturated carbocycles. The van der Waals surface area contributed by atoms with E-state index in [0.29, 0.717) is 23.3 Å². The molecule has 0 fully saturated rings. The van der Waals surface area contributed by atoms with Crippen LogP contribution < -0.4 is 5.32 Å². The van der Waals surface area contributed by atoms with Gasteiger partial charge in [0.2, 0.25) is 0 Å². The molecule has 1 amide bonds. The summed E-state index contributed by atoms with van der Waals surface area (Å²) in [7, 11) is 0. The van der Waals surface area contributed by atoms with E-state index in [1.807, 2.05) is 0 Å². The summed E-state index contributed by atoms with van der Waals surface area (Å²) < 4.78 is 0. The quantitative estimate of drug-likeness (QED) is 0.812. The van der Waals surface area contributed by atoms with Crippen LogP contribution in [-0.2, 0) is 5.41 Å². The van der Waals surface area contributed by atoms with Gasteiger partial charge in [-0.1, -0.05) is 34.6 Å². The summed E-state index contributed by atoms with van der Waals surface area (Å²) >= 11 is 1.45. The van der Waals surface area contributed by atoms with Crippen LogP contribution in [0.2, 0.25) is 0 Å². The highest BCUT2D eigenvalue weighted by Gasteiger charge is 2.20. The van der Waals surface area contributed by atoms with Crippen molar-refractivity contribution in [3.05, 3.63) is 16.1 Å². The number of thiazole rings is 1. The van der Waals surface area contributed by atoms with Crippen molar-refractivity contribution < 1.29 is 9.90 Å². The minimum Gasteiger partial charge on any atom is -0.396 e. The molecule has 0 aliphatic heterocycles. The Morgan fingerprint density at radius 2 is 2.10 bits per heavy atom. The van der Waals surface area contributed by atoms with Gasteiger partial charge in [0.05, 0.1) is 11.2 Å². The fourth-order valence-electron chi connectivity index (χ4n) is 2.20. The van der Waals surface area contributed by atoms with Crippen LogP contribution in [0.5, 0.6) is 0 Å². The lowest BCUT2D eigenvalue weighted by Gasteiger charge is -2.18. The van der Waals surface area contributed by atoms with Gasteiger partial charge in [0.25, 0.3) is 5.91 Å². The third kappa shape index (κ3) is 6.14. The summed E-state index contributed by atoms with van der Waals surface area (Å²) in [5.74, 6) is 0.831. The molecule has 1 rings (SSSR count). The number of nitrogens with one attached hydrogen (secondary N) is 1. The molecule has 5 heteroatoms. The van der Waals surface area contributed by atoms with Gasteiger partial charge in [0.1, 0.15) is 4.88 Å². The second kappa shape index (κ2) is 7.90. The van der Waals surface area contributed by atoms with E-state index >= 15 is 0 Å². The minimum absolute atomic E-state index is 0.0275. The first-order valence-corrected chi connectivity index (χ1v) is 8.41. The summed E-state index contributed by atoms with van der Waals surface area (Å²) in [6.07, 6.45) is 3.40. The number of nitrogens with zero attached hydrogens (tertiary/aromatic N) is 1. The Morgan fingerprint density at radius 1 is 1.43 bits per heavy atom. The average molecular weight is 312 g/mol. The molecule has 0 aliphatic carbocycles. The molecule has 1 unspecified atom stereocenters. The summed E-state index contributed by atoms with van der Waals surface area (Å²) in [6.45, 7) is 11.4. The molecule has 0 bridgehead atoms. The Labute approximate surface area is 132 Å². The summed E-state index contributed by atoms with van der Waals surface area (Å²) in [4.78, 5) is 17.2. The fraction of sp³-hybridized carbons (Fsp3) is 0.750. The summed E-state index contributed by atoms with van der Waals surface area (Å²) in [5.41, 5.74) is -0.0275. The van der Waals surface area contributed by atoms with E-state index in [9.17, 15) is 4.79 Å². The van der Waals surface area contributed by atoms with Crippen molar-refractivity contribution in [3.63, 3.8) is 0 Å². The lowest BCUT2D eigenvalue weighted by Crippen LogP contribution is -2.30. The highest BCUT2D eigenvalue weighted by Crippen LogP contribution is 2.26. The van der Waals surface area contributed by atoms with E-state index in [1.54, 1.807) is 6.20 Å². The number of amides is 1. The van der Waals surface area contributed by atoms with Crippen molar-refractivity contribution in [3.8, 4) is 0 Å². The molecular formula is C16H28N2O2S. The number of hydrogen-bond donors (Lipinski definition) is 2. The number of aromatic nitrogens is 1. The maximum Gasteiger partial charge on any atom is 0.263 e. The third-order valence-corrected chi connectivity index (χ3v) is 4.69. The predicted molar refractivity (Wildman–Crippen MR) is 87.8 cm³/mol. The zero-order valence-corrected chi connectivity index (χ0v) is 14.6. The topological polar surface area (TPSA) is 62.2 Å². The molecule has 0 aliphatic rings. The van der Waals surface area contributed by atoms with Crippen LogP contribution in [0.25, 0.3) is 0 Å². The Morgan fingerprint density at radius 3 is 2.57 bits per heavy atom. The van der Waals surface area contributed by atoms with Crippen LogP contribution in [0.1, 0.15) is 62.1 Å². The number of rotatable bonds is 7. The van der Waals surface area contributed by atoms with Gasteiger partial charge in [0, 0.05) is 18.6 Å². The Hall–Kier alpha value is -0.940. The molecule has 1 aromatic rings. The number of hydrogen-bond acceptors (Lipinski definition) is 4. The fourth-order valence-corrected chi connectivity index (χ4v) is 3.09. The smallest absolute Gasteiger partial charge is 0.263 e. The van der Waals surface area contributed by atoms with Gasteiger partial charge < -0.3 is 10.4 Å². The largest absolute Gasteiger partial charge is 0.396 e. The van der Waals surface area contributed by atoms with Crippen LogP contribution in [0.3, 0.4) is 0 Å². The molecule has 4 nitrogen and oxygen atoms in total. The van der Waals surface area contributed by atoms with Crippen molar-refractivity contribution in [2.45, 2.75) is 52.9 Å². The number of carbonyl (C=O) groups excluding carboxylic acids is 1. The molecule has 2 N–H and O–H groups in total. The lowest BCUT2D eigenvalue weighted by atomic mass is 9.94. The number of aliphatic hydroxyl groups excluding tert-OH is 1. The van der Waals surface area contributed by atoms with Crippen LogP contribution in [0.4, 0.5) is 0 Å². The van der Waals surface area contributed by atoms with E-state index in [2.05, 4.69) is 44.9 Å². The molecule has 21 heavy (non-hydrogen) atoms. The first kappa shape index (κ1) is 18.1. The van der Waals surface area contributed by atoms with Gasteiger partial charge in [-0.05, 0) is 24.7 Å². The van der Waals surface area contributed by atoms with E-state index in [4.69, 9.17) is 5.11 Å². The van der Waals surface area contributed by atoms with Crippen molar-refractivity contribution in [2.75, 3.05) is 13.2 Å². The Kier molecular flexibility index (Phi) is 6.81. The lowest BCUT2D eigenvalue weighted by molar-refractivity contribution is 0.0945. The molecule has 1 heterocycles. The molecular weight excluding hydrogens is 284 g/mol. The highest BCUT2D eigenvalue weighted by molar-refractivity contribution is 7.13. The highest BCUT2D eigenvalue weighted by atomic mass is 32.1.